The van der Waals surface area contributed by atoms with E-state index in [2.05, 4.69) is 27.2 Å². The maximum absolute atomic E-state index is 5.44. The number of rotatable bonds is 5. The Morgan fingerprint density at radius 3 is 2.92 bits per heavy atom. The fourth-order valence-corrected chi connectivity index (χ4v) is 4.14. The second-order valence-corrected chi connectivity index (χ2v) is 7.16. The highest BCUT2D eigenvalue weighted by Gasteiger charge is 2.25. The molecule has 2 radical (unpaired) electrons. The minimum Gasteiger partial charge on any atom is -0.278 e. The fourth-order valence-electron chi connectivity index (χ4n) is 0.695. The smallest absolute Gasteiger partial charge is 0.151 e. The molecule has 0 bridgehead atoms. The summed E-state index contributed by atoms with van der Waals surface area (Å²) in [4.78, 5) is 4.90. The largest absolute Gasteiger partial charge is 0.278 e. The van der Waals surface area contributed by atoms with Gasteiger partial charge in [0.15, 0.2) is 7.85 Å². The minimum absolute atomic E-state index is 0.330. The topological polar surface area (TPSA) is 12.4 Å². The minimum atomic E-state index is 0.330. The molecule has 66 valence electrons. The first kappa shape index (κ1) is 11.3. The van der Waals surface area contributed by atoms with Crippen molar-refractivity contribution in [3.05, 3.63) is 0 Å². The zero-order chi connectivity index (χ0) is 8.97. The fraction of sp³-hybridized carbons (Fsp3) is 0.833. The number of halogens is 1. The average Bonchev–Trinajstić information content (AvgIpc) is 1.99. The number of alkyl halides is 1. The summed E-state index contributed by atoms with van der Waals surface area (Å²) in [6.45, 7) is 0. The zero-order valence-corrected chi connectivity index (χ0v) is 10.7. The van der Waals surface area contributed by atoms with Gasteiger partial charge in [-0.25, -0.2) is 0 Å². The summed E-state index contributed by atoms with van der Waals surface area (Å²) in [6.07, 6.45) is 2.12. The molecular weight excluding hydrogens is 273 g/mol. The van der Waals surface area contributed by atoms with Crippen molar-refractivity contribution < 1.29 is 0 Å². The normalized spacial score (nSPS) is 24.5. The SMILES string of the molecule is [B]C1=N[C@H]([C@H](Br)SCCSC)S1. The van der Waals surface area contributed by atoms with Crippen LogP contribution in [0.4, 0.5) is 0 Å². The highest BCUT2D eigenvalue weighted by Crippen LogP contribution is 2.36. The molecule has 1 aliphatic heterocycles. The first-order chi connectivity index (χ1) is 5.74. The second kappa shape index (κ2) is 5.88. The van der Waals surface area contributed by atoms with Crippen LogP contribution in [-0.2, 0) is 0 Å². The van der Waals surface area contributed by atoms with Gasteiger partial charge in [0, 0.05) is 16.4 Å². The van der Waals surface area contributed by atoms with Crippen LogP contribution in [0.2, 0.25) is 0 Å². The highest BCUT2D eigenvalue weighted by atomic mass is 79.9. The molecule has 0 spiro atoms. The molecule has 1 aliphatic rings. The van der Waals surface area contributed by atoms with Gasteiger partial charge >= 0.3 is 0 Å². The Morgan fingerprint density at radius 2 is 2.42 bits per heavy atom. The second-order valence-electron chi connectivity index (χ2n) is 2.19. The average molecular weight is 282 g/mol. The van der Waals surface area contributed by atoms with Gasteiger partial charge in [-0.15, -0.1) is 11.8 Å². The molecule has 12 heavy (non-hydrogen) atoms. The predicted molar refractivity (Wildman–Crippen MR) is 68.1 cm³/mol. The summed E-state index contributed by atoms with van der Waals surface area (Å²) in [6, 6.07) is 0. The van der Waals surface area contributed by atoms with Crippen molar-refractivity contribution in [3.8, 4) is 0 Å². The van der Waals surface area contributed by atoms with Crippen LogP contribution in [0.5, 0.6) is 0 Å². The molecule has 6 heteroatoms. The Kier molecular flexibility index (Phi) is 5.56. The zero-order valence-electron chi connectivity index (χ0n) is 6.70. The molecule has 1 heterocycles. The van der Waals surface area contributed by atoms with Crippen molar-refractivity contribution in [2.24, 2.45) is 4.99 Å². The summed E-state index contributed by atoms with van der Waals surface area (Å²) in [5, 5.41) is 0.330. The Hall–Kier alpha value is 1.26. The molecule has 0 aromatic rings. The molecule has 0 amide bonds. The van der Waals surface area contributed by atoms with E-state index in [1.807, 2.05) is 23.5 Å². The molecule has 0 aliphatic carbocycles. The Morgan fingerprint density at radius 1 is 1.75 bits per heavy atom. The maximum atomic E-state index is 5.44. The monoisotopic (exact) mass is 281 g/mol. The number of thioether (sulfide) groups is 3. The maximum Gasteiger partial charge on any atom is 0.151 e. The van der Waals surface area contributed by atoms with Crippen molar-refractivity contribution in [1.82, 2.24) is 0 Å². The third kappa shape index (κ3) is 3.56. The summed E-state index contributed by atoms with van der Waals surface area (Å²) in [5.41, 5.74) is 0. The van der Waals surface area contributed by atoms with E-state index >= 15 is 0 Å². The molecule has 2 atom stereocenters. The third-order valence-corrected chi connectivity index (χ3v) is 5.95. The van der Waals surface area contributed by atoms with Crippen molar-refractivity contribution in [2.45, 2.75) is 9.53 Å². The lowest BCUT2D eigenvalue weighted by Crippen LogP contribution is -2.24. The summed E-state index contributed by atoms with van der Waals surface area (Å²) in [7, 11) is 5.44. The lowest BCUT2D eigenvalue weighted by Gasteiger charge is -2.25. The van der Waals surface area contributed by atoms with Crippen LogP contribution in [0, 0.1) is 0 Å². The van der Waals surface area contributed by atoms with Gasteiger partial charge in [-0.05, 0) is 6.26 Å². The molecule has 0 saturated heterocycles. The molecule has 0 saturated carbocycles. The lowest BCUT2D eigenvalue weighted by molar-refractivity contribution is 1.02. The van der Waals surface area contributed by atoms with Crippen molar-refractivity contribution in [2.75, 3.05) is 17.8 Å². The van der Waals surface area contributed by atoms with E-state index in [1.54, 1.807) is 11.8 Å². The van der Waals surface area contributed by atoms with Gasteiger partial charge in [0.05, 0.1) is 4.16 Å². The predicted octanol–water partition coefficient (Wildman–Crippen LogP) is 2.40. The van der Waals surface area contributed by atoms with Gasteiger partial charge in [0.25, 0.3) is 0 Å². The molecule has 1 nitrogen and oxygen atoms in total. The van der Waals surface area contributed by atoms with Crippen LogP contribution in [0.25, 0.3) is 0 Å². The molecule has 0 fully saturated rings. The van der Waals surface area contributed by atoms with E-state index in [0.29, 0.717) is 9.53 Å². The number of aliphatic imine (C=N–C) groups is 1. The first-order valence-corrected chi connectivity index (χ1v) is 7.72. The van der Waals surface area contributed by atoms with Crippen molar-refractivity contribution >= 4 is 64.0 Å². The van der Waals surface area contributed by atoms with E-state index in [1.165, 1.54) is 11.5 Å². The van der Waals surface area contributed by atoms with Crippen LogP contribution in [0.1, 0.15) is 0 Å². The van der Waals surface area contributed by atoms with E-state index < -0.39 is 0 Å². The van der Waals surface area contributed by atoms with Crippen LogP contribution in [0.15, 0.2) is 4.99 Å². The van der Waals surface area contributed by atoms with E-state index in [9.17, 15) is 0 Å². The van der Waals surface area contributed by atoms with E-state index in [-0.39, 0.29) is 0 Å². The van der Waals surface area contributed by atoms with Crippen LogP contribution in [-0.4, -0.2) is 40.1 Å². The van der Waals surface area contributed by atoms with Gasteiger partial charge in [-0.2, -0.15) is 11.8 Å². The van der Waals surface area contributed by atoms with Crippen LogP contribution < -0.4 is 0 Å². The van der Waals surface area contributed by atoms with E-state index in [0.717, 1.165) is 4.94 Å². The number of hydrogen-bond acceptors (Lipinski definition) is 4. The quantitative estimate of drug-likeness (QED) is 0.436. The van der Waals surface area contributed by atoms with Crippen molar-refractivity contribution in [3.63, 3.8) is 0 Å². The van der Waals surface area contributed by atoms with Gasteiger partial charge in [-0.1, -0.05) is 27.7 Å². The van der Waals surface area contributed by atoms with Crippen LogP contribution >= 0.6 is 51.2 Å². The summed E-state index contributed by atoms with van der Waals surface area (Å²) < 4.78 is 0.418. The van der Waals surface area contributed by atoms with Gasteiger partial charge in [-0.3, -0.25) is 4.99 Å². The van der Waals surface area contributed by atoms with E-state index in [4.69, 9.17) is 7.85 Å². The number of nitrogens with zero attached hydrogens (tertiary/aromatic N) is 1. The standard InChI is InChI=1S/C6H9BBrNS3/c1-10-2-3-11-4(8)5-9-6(7)12-5/h4-5H,2-3H2,1H3/t4-,5+/m1/s1. The van der Waals surface area contributed by atoms with Gasteiger partial charge in [0.2, 0.25) is 0 Å². The molecule has 0 aromatic carbocycles. The molecular formula is C6H9BBrNS3. The van der Waals surface area contributed by atoms with Crippen molar-refractivity contribution in [1.29, 1.82) is 0 Å². The summed E-state index contributed by atoms with van der Waals surface area (Å²) >= 11 is 9.00. The first-order valence-electron chi connectivity index (χ1n) is 3.48. The summed E-state index contributed by atoms with van der Waals surface area (Å²) in [5.74, 6) is 2.37. The Balaban J connectivity index is 2.09. The lowest BCUT2D eigenvalue weighted by atomic mass is 10.2. The molecule has 1 rings (SSSR count). The third-order valence-electron chi connectivity index (χ3n) is 1.28. The molecule has 0 N–H and O–H groups in total. The highest BCUT2D eigenvalue weighted by molar-refractivity contribution is 9.11. The Labute approximate surface area is 95.8 Å². The van der Waals surface area contributed by atoms with Crippen LogP contribution in [0.3, 0.4) is 0 Å². The van der Waals surface area contributed by atoms with Gasteiger partial charge in [0.1, 0.15) is 5.37 Å². The number of hydrogen-bond donors (Lipinski definition) is 0. The Bertz CT molecular complexity index is 178. The molecule has 0 unspecified atom stereocenters. The van der Waals surface area contributed by atoms with Gasteiger partial charge < -0.3 is 0 Å². The molecule has 0 aromatic heterocycles.